The van der Waals surface area contributed by atoms with E-state index in [1.165, 1.54) is 58.2 Å². The zero-order valence-electron chi connectivity index (χ0n) is 12.7. The van der Waals surface area contributed by atoms with Crippen LogP contribution in [0.2, 0.25) is 0 Å². The maximum absolute atomic E-state index is 5.93. The Morgan fingerprint density at radius 3 is 2.50 bits per heavy atom. The number of piperidine rings is 1. The number of nitrogens with zero attached hydrogens (tertiary/aromatic N) is 2. The van der Waals surface area contributed by atoms with Gasteiger partial charge < -0.3 is 15.5 Å². The number of unbranched alkanes of at least 4 members (excludes halogenated alkanes) is 2. The maximum Gasteiger partial charge on any atom is 0.0215 e. The summed E-state index contributed by atoms with van der Waals surface area (Å²) < 4.78 is 0. The van der Waals surface area contributed by atoms with Gasteiger partial charge in [0, 0.05) is 19.1 Å². The van der Waals surface area contributed by atoms with Crippen LogP contribution in [0.15, 0.2) is 0 Å². The van der Waals surface area contributed by atoms with Crippen molar-refractivity contribution in [1.29, 1.82) is 0 Å². The summed E-state index contributed by atoms with van der Waals surface area (Å²) in [5.74, 6) is 0.881. The highest BCUT2D eigenvalue weighted by molar-refractivity contribution is 4.76. The lowest BCUT2D eigenvalue weighted by Gasteiger charge is -2.34. The molecule has 0 aliphatic carbocycles. The lowest BCUT2D eigenvalue weighted by Crippen LogP contribution is -2.42. The van der Waals surface area contributed by atoms with Crippen molar-refractivity contribution in [2.45, 2.75) is 51.5 Å². The Bertz CT molecular complexity index is 200. The van der Waals surface area contributed by atoms with Crippen molar-refractivity contribution < 1.29 is 0 Å². The van der Waals surface area contributed by atoms with E-state index in [0.29, 0.717) is 6.04 Å². The molecule has 1 heterocycles. The molecule has 0 aromatic carbocycles. The first-order valence-corrected chi connectivity index (χ1v) is 7.76. The average molecular weight is 255 g/mol. The van der Waals surface area contributed by atoms with Crippen LogP contribution in [0.1, 0.15) is 45.4 Å². The topological polar surface area (TPSA) is 32.5 Å². The molecule has 3 nitrogen and oxygen atoms in total. The van der Waals surface area contributed by atoms with Crippen LogP contribution in [-0.4, -0.2) is 56.1 Å². The number of rotatable bonds is 8. The van der Waals surface area contributed by atoms with Crippen LogP contribution in [-0.2, 0) is 0 Å². The van der Waals surface area contributed by atoms with E-state index >= 15 is 0 Å². The number of hydrogen-bond donors (Lipinski definition) is 1. The lowest BCUT2D eigenvalue weighted by atomic mass is 9.95. The van der Waals surface area contributed by atoms with Gasteiger partial charge in [0.05, 0.1) is 0 Å². The fourth-order valence-corrected chi connectivity index (χ4v) is 2.95. The second-order valence-corrected chi connectivity index (χ2v) is 6.07. The van der Waals surface area contributed by atoms with Crippen molar-refractivity contribution in [1.82, 2.24) is 9.80 Å². The highest BCUT2D eigenvalue weighted by Gasteiger charge is 2.21. The van der Waals surface area contributed by atoms with Crippen molar-refractivity contribution in [3.8, 4) is 0 Å². The Kier molecular flexibility index (Phi) is 7.87. The van der Waals surface area contributed by atoms with Gasteiger partial charge in [0.1, 0.15) is 0 Å². The molecular formula is C15H33N3. The van der Waals surface area contributed by atoms with Gasteiger partial charge in [-0.2, -0.15) is 0 Å². The quantitative estimate of drug-likeness (QED) is 0.675. The molecule has 1 aliphatic heterocycles. The smallest absolute Gasteiger partial charge is 0.0215 e. The molecule has 108 valence electrons. The van der Waals surface area contributed by atoms with E-state index in [4.69, 9.17) is 5.73 Å². The molecule has 2 N–H and O–H groups in total. The van der Waals surface area contributed by atoms with Crippen molar-refractivity contribution >= 4 is 0 Å². The van der Waals surface area contributed by atoms with Crippen molar-refractivity contribution in [3.05, 3.63) is 0 Å². The Morgan fingerprint density at radius 2 is 1.94 bits per heavy atom. The fraction of sp³-hybridized carbons (Fsp3) is 1.00. The van der Waals surface area contributed by atoms with Gasteiger partial charge in [0.15, 0.2) is 0 Å². The van der Waals surface area contributed by atoms with Crippen LogP contribution >= 0.6 is 0 Å². The summed E-state index contributed by atoms with van der Waals surface area (Å²) in [5, 5.41) is 0. The van der Waals surface area contributed by atoms with Crippen LogP contribution in [0, 0.1) is 5.92 Å². The lowest BCUT2D eigenvalue weighted by molar-refractivity contribution is 0.146. The van der Waals surface area contributed by atoms with Gasteiger partial charge in [-0.15, -0.1) is 0 Å². The minimum absolute atomic E-state index is 0.594. The van der Waals surface area contributed by atoms with E-state index in [9.17, 15) is 0 Å². The summed E-state index contributed by atoms with van der Waals surface area (Å²) in [6.07, 6.45) is 7.96. The van der Waals surface area contributed by atoms with Crippen LogP contribution in [0.5, 0.6) is 0 Å². The summed E-state index contributed by atoms with van der Waals surface area (Å²) in [5.41, 5.74) is 5.93. The van der Waals surface area contributed by atoms with Crippen LogP contribution in [0.4, 0.5) is 0 Å². The zero-order valence-corrected chi connectivity index (χ0v) is 12.7. The highest BCUT2D eigenvalue weighted by atomic mass is 15.1. The third-order valence-corrected chi connectivity index (χ3v) is 4.42. The van der Waals surface area contributed by atoms with Gasteiger partial charge in [-0.1, -0.05) is 26.2 Å². The highest BCUT2D eigenvalue weighted by Crippen LogP contribution is 2.18. The molecule has 0 aromatic rings. The first-order valence-electron chi connectivity index (χ1n) is 7.76. The maximum atomic E-state index is 5.93. The molecule has 0 amide bonds. The summed E-state index contributed by atoms with van der Waals surface area (Å²) in [4.78, 5) is 4.96. The molecule has 0 saturated carbocycles. The fourth-order valence-electron chi connectivity index (χ4n) is 2.95. The van der Waals surface area contributed by atoms with E-state index in [1.54, 1.807) is 0 Å². The predicted octanol–water partition coefficient (Wildman–Crippen LogP) is 2.17. The SMILES string of the molecule is CCCCCC(CN)N(C)CC1CCN(C)CC1. The third-order valence-electron chi connectivity index (χ3n) is 4.42. The minimum Gasteiger partial charge on any atom is -0.329 e. The van der Waals surface area contributed by atoms with E-state index in [1.807, 2.05) is 0 Å². The van der Waals surface area contributed by atoms with E-state index < -0.39 is 0 Å². The molecule has 1 rings (SSSR count). The van der Waals surface area contributed by atoms with Gasteiger partial charge in [-0.25, -0.2) is 0 Å². The Morgan fingerprint density at radius 1 is 1.28 bits per heavy atom. The second kappa shape index (κ2) is 8.89. The van der Waals surface area contributed by atoms with E-state index in [0.717, 1.165) is 12.5 Å². The molecule has 18 heavy (non-hydrogen) atoms. The first-order chi connectivity index (χ1) is 8.67. The van der Waals surface area contributed by atoms with Crippen molar-refractivity contribution in [2.75, 3.05) is 40.3 Å². The molecule has 1 atom stereocenters. The Hall–Kier alpha value is -0.120. The molecule has 1 saturated heterocycles. The van der Waals surface area contributed by atoms with Crippen LogP contribution in [0.3, 0.4) is 0 Å². The summed E-state index contributed by atoms with van der Waals surface area (Å²) >= 11 is 0. The minimum atomic E-state index is 0.594. The first kappa shape index (κ1) is 15.9. The summed E-state index contributed by atoms with van der Waals surface area (Å²) in [6.45, 7) is 6.84. The number of likely N-dealkylation sites (N-methyl/N-ethyl adjacent to an activating group) is 1. The molecule has 0 aromatic heterocycles. The molecule has 0 radical (unpaired) electrons. The van der Waals surface area contributed by atoms with Crippen LogP contribution < -0.4 is 5.73 Å². The molecule has 3 heteroatoms. The Labute approximate surface area is 114 Å². The average Bonchev–Trinajstić information content (AvgIpc) is 2.37. The van der Waals surface area contributed by atoms with Gasteiger partial charge in [-0.3, -0.25) is 0 Å². The van der Waals surface area contributed by atoms with Gasteiger partial charge in [-0.05, 0) is 52.4 Å². The normalized spacial score (nSPS) is 20.5. The third kappa shape index (κ3) is 5.68. The van der Waals surface area contributed by atoms with E-state index in [-0.39, 0.29) is 0 Å². The predicted molar refractivity (Wildman–Crippen MR) is 79.8 cm³/mol. The zero-order chi connectivity index (χ0) is 13.4. The number of likely N-dealkylation sites (tertiary alicyclic amines) is 1. The standard InChI is InChI=1S/C15H33N3/c1-4-5-6-7-15(12-16)18(3)13-14-8-10-17(2)11-9-14/h14-15H,4-13,16H2,1-3H3. The number of nitrogens with two attached hydrogens (primary N) is 1. The molecule has 1 fully saturated rings. The molecule has 0 spiro atoms. The van der Waals surface area contributed by atoms with Crippen molar-refractivity contribution in [2.24, 2.45) is 11.7 Å². The molecule has 0 bridgehead atoms. The Balaban J connectivity index is 2.25. The largest absolute Gasteiger partial charge is 0.329 e. The molecule has 1 unspecified atom stereocenters. The van der Waals surface area contributed by atoms with Gasteiger partial charge >= 0.3 is 0 Å². The number of hydrogen-bond acceptors (Lipinski definition) is 3. The summed E-state index contributed by atoms with van der Waals surface area (Å²) in [7, 11) is 4.50. The summed E-state index contributed by atoms with van der Waals surface area (Å²) in [6, 6.07) is 0.594. The van der Waals surface area contributed by atoms with E-state index in [2.05, 4.69) is 30.8 Å². The van der Waals surface area contributed by atoms with Crippen molar-refractivity contribution in [3.63, 3.8) is 0 Å². The van der Waals surface area contributed by atoms with Gasteiger partial charge in [0.25, 0.3) is 0 Å². The van der Waals surface area contributed by atoms with Gasteiger partial charge in [0.2, 0.25) is 0 Å². The second-order valence-electron chi connectivity index (χ2n) is 6.07. The van der Waals surface area contributed by atoms with Crippen LogP contribution in [0.25, 0.3) is 0 Å². The molecule has 1 aliphatic rings. The monoisotopic (exact) mass is 255 g/mol. The molecular weight excluding hydrogens is 222 g/mol.